The van der Waals surface area contributed by atoms with Gasteiger partial charge in [0, 0.05) is 5.54 Å². The lowest BCUT2D eigenvalue weighted by atomic mass is 10.4. The van der Waals surface area contributed by atoms with Gasteiger partial charge in [-0.2, -0.15) is 0 Å². The molecule has 1 aromatic rings. The Morgan fingerprint density at radius 2 is 2.06 bits per heavy atom. The Kier molecular flexibility index (Phi) is 5.63. The van der Waals surface area contributed by atoms with E-state index >= 15 is 0 Å². The maximum Gasteiger partial charge on any atom is 0.320 e. The van der Waals surface area contributed by atoms with Crippen LogP contribution in [0.25, 0.3) is 0 Å². The summed E-state index contributed by atoms with van der Waals surface area (Å²) in [7, 11) is -1.73. The fourth-order valence-electron chi connectivity index (χ4n) is 1.87. The Labute approximate surface area is 115 Å². The van der Waals surface area contributed by atoms with Crippen molar-refractivity contribution in [1.29, 1.82) is 0 Å². The molecule has 0 bridgehead atoms. The van der Waals surface area contributed by atoms with E-state index in [1.54, 1.807) is 0 Å². The summed E-state index contributed by atoms with van der Waals surface area (Å²) in [6.07, 6.45) is 1.89. The zero-order valence-electron chi connectivity index (χ0n) is 10.9. The zero-order valence-corrected chi connectivity index (χ0v) is 12.6. The van der Waals surface area contributed by atoms with Gasteiger partial charge in [-0.15, -0.1) is 18.2 Å². The molecule has 0 N–H and O–H groups in total. The minimum atomic E-state index is -1.73. The zero-order chi connectivity index (χ0) is 13.6. The van der Waals surface area contributed by atoms with Crippen molar-refractivity contribution in [3.8, 4) is 0 Å². The number of benzene rings is 1. The first kappa shape index (κ1) is 15.0. The van der Waals surface area contributed by atoms with E-state index in [9.17, 15) is 4.79 Å². The third-order valence-electron chi connectivity index (χ3n) is 3.26. The second-order valence-electron chi connectivity index (χ2n) is 4.75. The molecule has 98 valence electrons. The number of halogens is 1. The third-order valence-corrected chi connectivity index (χ3v) is 7.56. The Morgan fingerprint density at radius 1 is 1.44 bits per heavy atom. The second kappa shape index (κ2) is 6.76. The quantitative estimate of drug-likeness (QED) is 0.347. The average Bonchev–Trinajstić information content (AvgIpc) is 2.39. The summed E-state index contributed by atoms with van der Waals surface area (Å²) in [6.45, 7) is 8.74. The molecular weight excluding hydrogens is 264 g/mol. The number of alkyl halides is 1. The van der Waals surface area contributed by atoms with E-state index in [2.05, 4.69) is 31.8 Å². The van der Waals surface area contributed by atoms with Gasteiger partial charge < -0.3 is 4.74 Å². The third kappa shape index (κ3) is 3.72. The van der Waals surface area contributed by atoms with Crippen molar-refractivity contribution in [3.05, 3.63) is 43.0 Å². The van der Waals surface area contributed by atoms with Crippen molar-refractivity contribution >= 4 is 30.8 Å². The number of carbonyl (C=O) groups is 1. The first-order valence-electron chi connectivity index (χ1n) is 5.92. The lowest BCUT2D eigenvalue weighted by Gasteiger charge is -2.30. The van der Waals surface area contributed by atoms with E-state index in [1.165, 1.54) is 5.19 Å². The topological polar surface area (TPSA) is 26.3 Å². The van der Waals surface area contributed by atoms with Crippen molar-refractivity contribution < 1.29 is 9.53 Å². The molecule has 0 unspecified atom stereocenters. The average molecular weight is 283 g/mol. The van der Waals surface area contributed by atoms with Crippen LogP contribution in [0.4, 0.5) is 0 Å². The molecule has 1 atom stereocenters. The molecule has 0 aliphatic rings. The van der Waals surface area contributed by atoms with Crippen molar-refractivity contribution in [2.75, 3.05) is 12.5 Å². The molecule has 0 saturated carbocycles. The number of hydrogen-bond acceptors (Lipinski definition) is 2. The van der Waals surface area contributed by atoms with Gasteiger partial charge >= 0.3 is 5.97 Å². The Bertz CT molecular complexity index is 404. The first-order valence-corrected chi connectivity index (χ1v) is 9.53. The van der Waals surface area contributed by atoms with Crippen molar-refractivity contribution in [2.45, 2.75) is 18.6 Å². The van der Waals surface area contributed by atoms with E-state index in [1.807, 2.05) is 24.3 Å². The highest BCUT2D eigenvalue weighted by atomic mass is 35.5. The molecule has 0 spiro atoms. The minimum Gasteiger partial charge on any atom is -0.464 e. The fraction of sp³-hybridized carbons (Fsp3) is 0.357. The predicted octanol–water partition coefficient (Wildman–Crippen LogP) is 2.94. The van der Waals surface area contributed by atoms with Gasteiger partial charge in [-0.1, -0.05) is 54.7 Å². The molecule has 4 heteroatoms. The molecule has 0 radical (unpaired) electrons. The first-order chi connectivity index (χ1) is 8.52. The Balaban J connectivity index is 2.80. The van der Waals surface area contributed by atoms with E-state index in [4.69, 9.17) is 16.3 Å². The Hall–Kier alpha value is -1.06. The summed E-state index contributed by atoms with van der Waals surface area (Å²) < 4.78 is 5.14. The largest absolute Gasteiger partial charge is 0.464 e. The van der Waals surface area contributed by atoms with E-state index in [-0.39, 0.29) is 17.4 Å². The highest BCUT2D eigenvalue weighted by Gasteiger charge is 2.32. The SMILES string of the molecule is C=C[C@@H](COC(=O)CCl)[Si](C)(C)c1ccccc1. The van der Waals surface area contributed by atoms with E-state index in [0.717, 1.165) is 0 Å². The van der Waals surface area contributed by atoms with E-state index in [0.29, 0.717) is 6.61 Å². The molecule has 0 heterocycles. The highest BCUT2D eigenvalue weighted by molar-refractivity contribution is 6.91. The molecule has 18 heavy (non-hydrogen) atoms. The maximum atomic E-state index is 11.1. The second-order valence-corrected chi connectivity index (χ2v) is 9.78. The van der Waals surface area contributed by atoms with Crippen LogP contribution in [0.3, 0.4) is 0 Å². The van der Waals surface area contributed by atoms with Crippen molar-refractivity contribution in [3.63, 3.8) is 0 Å². The van der Waals surface area contributed by atoms with Crippen LogP contribution in [-0.2, 0) is 9.53 Å². The highest BCUT2D eigenvalue weighted by Crippen LogP contribution is 2.23. The van der Waals surface area contributed by atoms with Crippen LogP contribution in [0.1, 0.15) is 0 Å². The smallest absolute Gasteiger partial charge is 0.320 e. The number of rotatable bonds is 6. The molecule has 0 aliphatic carbocycles. The van der Waals surface area contributed by atoms with Crippen LogP contribution in [0.5, 0.6) is 0 Å². The van der Waals surface area contributed by atoms with E-state index < -0.39 is 8.07 Å². The predicted molar refractivity (Wildman–Crippen MR) is 79.2 cm³/mol. The summed E-state index contributed by atoms with van der Waals surface area (Å²) in [5.41, 5.74) is 0.187. The van der Waals surface area contributed by atoms with Gasteiger partial charge in [-0.05, 0) is 0 Å². The van der Waals surface area contributed by atoms with Crippen molar-refractivity contribution in [1.82, 2.24) is 0 Å². The number of carbonyl (C=O) groups excluding carboxylic acids is 1. The van der Waals surface area contributed by atoms with Crippen molar-refractivity contribution in [2.24, 2.45) is 0 Å². The summed E-state index contributed by atoms with van der Waals surface area (Å²) >= 11 is 5.42. The monoisotopic (exact) mass is 282 g/mol. The molecule has 0 aromatic heterocycles. The molecule has 1 rings (SSSR count). The Morgan fingerprint density at radius 3 is 2.56 bits per heavy atom. The number of hydrogen-bond donors (Lipinski definition) is 0. The van der Waals surface area contributed by atoms with Gasteiger partial charge in [0.05, 0.1) is 14.7 Å². The van der Waals surface area contributed by atoms with Crippen LogP contribution in [0.15, 0.2) is 43.0 Å². The van der Waals surface area contributed by atoms with Gasteiger partial charge in [0.2, 0.25) is 0 Å². The van der Waals surface area contributed by atoms with Crippen LogP contribution in [0.2, 0.25) is 18.6 Å². The van der Waals surface area contributed by atoms with Crippen LogP contribution >= 0.6 is 11.6 Å². The van der Waals surface area contributed by atoms with Crippen LogP contribution in [-0.4, -0.2) is 26.5 Å². The molecule has 0 fully saturated rings. The molecule has 0 amide bonds. The fourth-order valence-corrected chi connectivity index (χ4v) is 4.52. The molecular formula is C14H19ClO2Si. The number of ether oxygens (including phenoxy) is 1. The van der Waals surface area contributed by atoms with Crippen LogP contribution < -0.4 is 5.19 Å². The summed E-state index contributed by atoms with van der Waals surface area (Å²) in [4.78, 5) is 11.1. The summed E-state index contributed by atoms with van der Waals surface area (Å²) in [6, 6.07) is 10.3. The van der Waals surface area contributed by atoms with Crippen LogP contribution in [0, 0.1) is 0 Å². The maximum absolute atomic E-state index is 11.1. The lowest BCUT2D eigenvalue weighted by molar-refractivity contribution is -0.140. The number of esters is 1. The molecule has 1 aromatic carbocycles. The molecule has 0 saturated heterocycles. The van der Waals surface area contributed by atoms with Gasteiger partial charge in [-0.25, -0.2) is 0 Å². The molecule has 0 aliphatic heterocycles. The standard InChI is InChI=1S/C14H19ClO2Si/c1-4-12(11-17-14(16)10-15)18(2,3)13-8-6-5-7-9-13/h4-9,12H,1,10-11H2,2-3H3/t12-/m0/s1. The lowest BCUT2D eigenvalue weighted by Crippen LogP contribution is -2.47. The van der Waals surface area contributed by atoms with Gasteiger partial charge in [0.15, 0.2) is 0 Å². The van der Waals surface area contributed by atoms with Gasteiger partial charge in [0.25, 0.3) is 0 Å². The molecule has 2 nitrogen and oxygen atoms in total. The summed E-state index contributed by atoms with van der Waals surface area (Å²) in [5.74, 6) is -0.474. The van der Waals surface area contributed by atoms with Gasteiger partial charge in [-0.3, -0.25) is 4.79 Å². The normalized spacial score (nSPS) is 12.8. The minimum absolute atomic E-state index is 0.100. The summed E-state index contributed by atoms with van der Waals surface area (Å²) in [5, 5.41) is 1.33. The van der Waals surface area contributed by atoms with Gasteiger partial charge in [0.1, 0.15) is 5.88 Å².